The smallest absolute Gasteiger partial charge is 0.351 e. The van der Waals surface area contributed by atoms with Gasteiger partial charge in [-0.2, -0.15) is 0 Å². The van der Waals surface area contributed by atoms with E-state index in [9.17, 15) is 0 Å². The molecule has 0 saturated carbocycles. The van der Waals surface area contributed by atoms with Gasteiger partial charge in [-0.15, -0.1) is 11.8 Å². The third-order valence-electron chi connectivity index (χ3n) is 4.42. The SMILES string of the molecule is Clc1cccc(SC2CC[NH+](CCC3OCCCO3)CC2)n1.O=C([O-])C(=O)O. The van der Waals surface area contributed by atoms with Crippen LogP contribution in [-0.4, -0.2) is 66.4 Å². The predicted molar refractivity (Wildman–Crippen MR) is 101 cm³/mol. The first-order valence-electron chi connectivity index (χ1n) is 9.24. The van der Waals surface area contributed by atoms with Crippen LogP contribution in [0.1, 0.15) is 25.7 Å². The van der Waals surface area contributed by atoms with Gasteiger partial charge in [0.15, 0.2) is 12.3 Å². The van der Waals surface area contributed by atoms with Gasteiger partial charge in [0, 0.05) is 24.5 Å². The predicted octanol–water partition coefficient (Wildman–Crippen LogP) is -0.152. The molecule has 1 aromatic heterocycles. The van der Waals surface area contributed by atoms with E-state index in [4.69, 9.17) is 40.9 Å². The van der Waals surface area contributed by atoms with Crippen molar-refractivity contribution in [3.8, 4) is 0 Å². The van der Waals surface area contributed by atoms with E-state index in [-0.39, 0.29) is 6.29 Å². The van der Waals surface area contributed by atoms with Gasteiger partial charge in [-0.3, -0.25) is 0 Å². The Morgan fingerprint density at radius 2 is 1.93 bits per heavy atom. The minimum atomic E-state index is -2.07. The van der Waals surface area contributed by atoms with Gasteiger partial charge in [-0.25, -0.2) is 9.78 Å². The summed E-state index contributed by atoms with van der Waals surface area (Å²) in [5, 5.41) is 18.6. The highest BCUT2D eigenvalue weighted by Gasteiger charge is 2.24. The summed E-state index contributed by atoms with van der Waals surface area (Å²) in [7, 11) is 0. The minimum absolute atomic E-state index is 0.0315. The molecule has 0 aromatic carbocycles. The molecule has 1 aromatic rings. The van der Waals surface area contributed by atoms with Crippen LogP contribution in [0.5, 0.6) is 0 Å². The second-order valence-corrected chi connectivity index (χ2v) is 8.23. The Balaban J connectivity index is 0.000000409. The number of hydrogen-bond donors (Lipinski definition) is 2. The summed E-state index contributed by atoms with van der Waals surface area (Å²) in [5.41, 5.74) is 0. The van der Waals surface area contributed by atoms with Crippen LogP contribution < -0.4 is 10.0 Å². The van der Waals surface area contributed by atoms with E-state index in [0.717, 1.165) is 37.6 Å². The summed E-state index contributed by atoms with van der Waals surface area (Å²) in [6.07, 6.45) is 4.55. The Bertz CT molecular complexity index is 624. The Hall–Kier alpha value is -1.39. The van der Waals surface area contributed by atoms with Crippen LogP contribution in [0.3, 0.4) is 0 Å². The Morgan fingerprint density at radius 1 is 1.29 bits per heavy atom. The first kappa shape index (κ1) is 22.9. The summed E-state index contributed by atoms with van der Waals surface area (Å²) in [6.45, 7) is 5.31. The van der Waals surface area contributed by atoms with Gasteiger partial charge in [0.1, 0.15) is 5.15 Å². The molecule has 0 bridgehead atoms. The van der Waals surface area contributed by atoms with Gasteiger partial charge in [-0.05, 0) is 18.6 Å². The third-order valence-corrected chi connectivity index (χ3v) is 5.91. The van der Waals surface area contributed by atoms with Crippen LogP contribution >= 0.6 is 23.4 Å². The molecule has 156 valence electrons. The lowest BCUT2D eigenvalue weighted by molar-refractivity contribution is -0.905. The second kappa shape index (κ2) is 12.2. The summed E-state index contributed by atoms with van der Waals surface area (Å²) in [5.74, 6) is -4.01. The molecule has 0 unspecified atom stereocenters. The number of aliphatic carboxylic acids is 2. The van der Waals surface area contributed by atoms with Crippen molar-refractivity contribution in [1.82, 2.24) is 4.98 Å². The molecule has 0 atom stereocenters. The van der Waals surface area contributed by atoms with Crippen LogP contribution in [0.25, 0.3) is 0 Å². The summed E-state index contributed by atoms with van der Waals surface area (Å²) in [4.78, 5) is 24.1. The molecule has 2 saturated heterocycles. The van der Waals surface area contributed by atoms with E-state index in [1.165, 1.54) is 25.9 Å². The van der Waals surface area contributed by atoms with E-state index in [1.54, 1.807) is 4.90 Å². The molecular weight excluding hydrogens is 408 g/mol. The van der Waals surface area contributed by atoms with E-state index in [1.807, 2.05) is 30.0 Å². The number of likely N-dealkylation sites (tertiary alicyclic amines) is 1. The molecule has 0 aliphatic carbocycles. The number of hydrogen-bond acceptors (Lipinski definition) is 7. The number of pyridine rings is 1. The summed E-state index contributed by atoms with van der Waals surface area (Å²) in [6, 6.07) is 5.85. The highest BCUT2D eigenvalue weighted by molar-refractivity contribution is 7.99. The van der Waals surface area contributed by atoms with Gasteiger partial charge >= 0.3 is 5.97 Å². The van der Waals surface area contributed by atoms with E-state index >= 15 is 0 Å². The lowest BCUT2D eigenvalue weighted by Gasteiger charge is -2.30. The van der Waals surface area contributed by atoms with Crippen molar-refractivity contribution >= 4 is 35.3 Å². The van der Waals surface area contributed by atoms with Crippen molar-refractivity contribution in [3.63, 3.8) is 0 Å². The number of nitrogens with one attached hydrogen (secondary N) is 1. The topological polar surface area (TPSA) is 113 Å². The number of carboxylic acids is 2. The lowest BCUT2D eigenvalue weighted by atomic mass is 10.1. The molecule has 0 spiro atoms. The largest absolute Gasteiger partial charge is 0.539 e. The van der Waals surface area contributed by atoms with Gasteiger partial charge < -0.3 is 29.4 Å². The van der Waals surface area contributed by atoms with E-state index < -0.39 is 11.9 Å². The zero-order chi connectivity index (χ0) is 20.4. The molecule has 3 heterocycles. The highest BCUT2D eigenvalue weighted by atomic mass is 35.5. The maximum absolute atomic E-state index is 9.04. The van der Waals surface area contributed by atoms with Crippen LogP contribution in [-0.2, 0) is 19.1 Å². The molecule has 0 radical (unpaired) electrons. The zero-order valence-corrected chi connectivity index (χ0v) is 17.0. The average Bonchev–Trinajstić information content (AvgIpc) is 2.69. The molecule has 8 nitrogen and oxygen atoms in total. The number of thioether (sulfide) groups is 1. The number of piperidine rings is 1. The molecular formula is C18H25ClN2O6S. The number of rotatable bonds is 5. The number of quaternary nitrogens is 1. The van der Waals surface area contributed by atoms with E-state index in [0.29, 0.717) is 10.4 Å². The number of carboxylic acid groups (broad SMARTS) is 2. The standard InChI is InChI=1S/C16H23ClN2O2S.C2H2O4/c17-14-3-1-4-15(18-14)22-13-5-8-19(9-6-13)10-7-16-20-11-2-12-21-16;3-1(4)2(5)6/h1,3-4,13,16H,2,5-12H2;(H,3,4)(H,5,6). The number of carbonyl (C=O) groups excluding carboxylic acids is 1. The maximum atomic E-state index is 9.04. The zero-order valence-electron chi connectivity index (χ0n) is 15.5. The quantitative estimate of drug-likeness (QED) is 0.488. The Kier molecular flexibility index (Phi) is 10.0. The number of carbonyl (C=O) groups is 2. The molecule has 2 N–H and O–H groups in total. The van der Waals surface area contributed by atoms with Gasteiger partial charge in [0.2, 0.25) is 0 Å². The average molecular weight is 433 g/mol. The van der Waals surface area contributed by atoms with Gasteiger partial charge in [-0.1, -0.05) is 17.7 Å². The molecule has 10 heteroatoms. The molecule has 2 fully saturated rings. The van der Waals surface area contributed by atoms with Crippen LogP contribution in [0.15, 0.2) is 23.2 Å². The van der Waals surface area contributed by atoms with Gasteiger partial charge in [0.25, 0.3) is 0 Å². The third kappa shape index (κ3) is 8.74. The number of nitrogens with zero attached hydrogens (tertiary/aromatic N) is 1. The van der Waals surface area contributed by atoms with Gasteiger partial charge in [0.05, 0.1) is 37.9 Å². The van der Waals surface area contributed by atoms with Crippen molar-refractivity contribution in [2.75, 3.05) is 32.8 Å². The number of halogens is 1. The van der Waals surface area contributed by atoms with Crippen LogP contribution in [0, 0.1) is 0 Å². The van der Waals surface area contributed by atoms with Crippen molar-refractivity contribution < 1.29 is 34.2 Å². The summed E-state index contributed by atoms with van der Waals surface area (Å²) < 4.78 is 11.2. The summed E-state index contributed by atoms with van der Waals surface area (Å²) >= 11 is 7.82. The molecule has 28 heavy (non-hydrogen) atoms. The Morgan fingerprint density at radius 3 is 2.50 bits per heavy atom. The number of ether oxygens (including phenoxy) is 2. The van der Waals surface area contributed by atoms with Crippen molar-refractivity contribution in [3.05, 3.63) is 23.4 Å². The fraction of sp³-hybridized carbons (Fsp3) is 0.611. The molecule has 0 amide bonds. The fourth-order valence-corrected chi connectivity index (χ4v) is 4.35. The highest BCUT2D eigenvalue weighted by Crippen LogP contribution is 2.27. The normalized spacial score (nSPS) is 22.8. The fourth-order valence-electron chi connectivity index (χ4n) is 3.02. The van der Waals surface area contributed by atoms with E-state index in [2.05, 4.69) is 4.98 Å². The Labute approximate surface area is 173 Å². The monoisotopic (exact) mass is 432 g/mol. The van der Waals surface area contributed by atoms with Crippen molar-refractivity contribution in [2.24, 2.45) is 0 Å². The number of aromatic nitrogens is 1. The second-order valence-electron chi connectivity index (χ2n) is 6.52. The first-order valence-corrected chi connectivity index (χ1v) is 10.5. The first-order chi connectivity index (χ1) is 13.4. The minimum Gasteiger partial charge on any atom is -0.539 e. The molecule has 3 rings (SSSR count). The van der Waals surface area contributed by atoms with Crippen LogP contribution in [0.4, 0.5) is 0 Å². The van der Waals surface area contributed by atoms with Crippen LogP contribution in [0.2, 0.25) is 5.15 Å². The lowest BCUT2D eigenvalue weighted by Crippen LogP contribution is -3.13. The van der Waals surface area contributed by atoms with Crippen molar-refractivity contribution in [1.29, 1.82) is 0 Å². The maximum Gasteiger partial charge on any atom is 0.351 e. The van der Waals surface area contributed by atoms with Crippen molar-refractivity contribution in [2.45, 2.75) is 42.2 Å². The molecule has 2 aliphatic rings. The molecule has 2 aliphatic heterocycles.